The van der Waals surface area contributed by atoms with Crippen LogP contribution < -0.4 is 10.8 Å². The first-order valence-electron chi connectivity index (χ1n) is 17.3. The van der Waals surface area contributed by atoms with Crippen molar-refractivity contribution in [1.82, 2.24) is 39.7 Å². The van der Waals surface area contributed by atoms with Crippen LogP contribution in [0, 0.1) is 12.7 Å². The van der Waals surface area contributed by atoms with Gasteiger partial charge in [-0.2, -0.15) is 28.1 Å². The predicted molar refractivity (Wildman–Crippen MR) is 186 cm³/mol. The summed E-state index contributed by atoms with van der Waals surface area (Å²) < 4.78 is 71.1. The minimum absolute atomic E-state index is 0.0372. The maximum Gasteiger partial charge on any atom is 0.495 e. The lowest BCUT2D eigenvalue weighted by Crippen LogP contribution is -2.58. The van der Waals surface area contributed by atoms with Crippen LogP contribution in [0.25, 0.3) is 11.3 Å². The lowest BCUT2D eigenvalue weighted by Gasteiger charge is -2.37. The minimum atomic E-state index is -4.79. The molecule has 6 rings (SSSR count). The van der Waals surface area contributed by atoms with Gasteiger partial charge < -0.3 is 34.8 Å². The van der Waals surface area contributed by atoms with E-state index in [0.29, 0.717) is 21.5 Å². The van der Waals surface area contributed by atoms with E-state index in [1.54, 1.807) is 20.8 Å². The summed E-state index contributed by atoms with van der Waals surface area (Å²) in [5.74, 6) is -2.04. The lowest BCUT2D eigenvalue weighted by atomic mass is 9.72. The molecule has 1 aromatic carbocycles. The first-order chi connectivity index (χ1) is 25.4. The molecule has 5 heterocycles. The lowest BCUT2D eigenvalue weighted by molar-refractivity contribution is -0.381. The van der Waals surface area contributed by atoms with Crippen LogP contribution in [0.1, 0.15) is 74.5 Å². The zero-order chi connectivity index (χ0) is 40.5. The molecule has 0 spiro atoms. The van der Waals surface area contributed by atoms with E-state index >= 15 is 4.39 Å². The number of nitrogens with zero attached hydrogens (tertiary/aromatic N) is 7. The molecule has 4 aromatic rings. The number of halogens is 4. The zero-order valence-corrected chi connectivity index (χ0v) is 31.1. The second kappa shape index (κ2) is 13.8. The molecule has 20 heteroatoms. The van der Waals surface area contributed by atoms with E-state index in [1.807, 2.05) is 27.7 Å². The van der Waals surface area contributed by atoms with E-state index in [-0.39, 0.29) is 48.3 Å². The van der Waals surface area contributed by atoms with Crippen LogP contribution in [0.3, 0.4) is 0 Å². The summed E-state index contributed by atoms with van der Waals surface area (Å²) in [5, 5.41) is 39.2. The maximum atomic E-state index is 15.7. The molecular weight excluding hydrogens is 731 g/mol. The van der Waals surface area contributed by atoms with Crippen LogP contribution in [-0.2, 0) is 45.8 Å². The molecule has 4 N–H and O–H groups in total. The third kappa shape index (κ3) is 8.00. The summed E-state index contributed by atoms with van der Waals surface area (Å²) >= 11 is 0. The van der Waals surface area contributed by atoms with Gasteiger partial charge in [-0.25, -0.2) is 14.4 Å². The van der Waals surface area contributed by atoms with Gasteiger partial charge in [0.1, 0.15) is 17.7 Å². The molecular formula is C35H41BF4N8O7. The van der Waals surface area contributed by atoms with Crippen LogP contribution in [0.15, 0.2) is 43.0 Å². The van der Waals surface area contributed by atoms with Gasteiger partial charge in [-0.05, 0) is 83.6 Å². The number of aliphatic hydroxyl groups is 3. The summed E-state index contributed by atoms with van der Waals surface area (Å²) in [4.78, 5) is 37.9. The van der Waals surface area contributed by atoms with Gasteiger partial charge in [0.15, 0.2) is 5.69 Å². The highest BCUT2D eigenvalue weighted by atomic mass is 19.4. The first-order valence-corrected chi connectivity index (χ1v) is 17.3. The van der Waals surface area contributed by atoms with Gasteiger partial charge in [0, 0.05) is 37.1 Å². The van der Waals surface area contributed by atoms with Crippen molar-refractivity contribution in [3.63, 3.8) is 0 Å². The van der Waals surface area contributed by atoms with Crippen LogP contribution in [0.4, 0.5) is 17.6 Å². The quantitative estimate of drug-likeness (QED) is 0.105. The van der Waals surface area contributed by atoms with Crippen LogP contribution in [-0.4, -0.2) is 98.0 Å². The van der Waals surface area contributed by atoms with Crippen LogP contribution >= 0.6 is 0 Å². The van der Waals surface area contributed by atoms with Crippen molar-refractivity contribution in [2.24, 2.45) is 0 Å². The molecule has 2 aliphatic heterocycles. The summed E-state index contributed by atoms with van der Waals surface area (Å²) in [6.07, 6.45) is -3.47. The third-order valence-corrected chi connectivity index (χ3v) is 10.1. The molecule has 1 atom stereocenters. The van der Waals surface area contributed by atoms with Crippen molar-refractivity contribution >= 4 is 24.4 Å². The fourth-order valence-electron chi connectivity index (χ4n) is 6.56. The highest BCUT2D eigenvalue weighted by Crippen LogP contribution is 2.38. The van der Waals surface area contributed by atoms with Gasteiger partial charge in [-0.1, -0.05) is 6.07 Å². The fourth-order valence-corrected chi connectivity index (χ4v) is 6.56. The number of hydrogen-bond donors (Lipinski definition) is 4. The van der Waals surface area contributed by atoms with E-state index in [1.165, 1.54) is 18.5 Å². The Balaban J connectivity index is 1.33. The average molecular weight is 773 g/mol. The number of fused-ring (bicyclic) bond motifs is 1. The maximum absolute atomic E-state index is 15.7. The molecule has 1 fully saturated rings. The van der Waals surface area contributed by atoms with Crippen molar-refractivity contribution in [1.29, 1.82) is 0 Å². The molecule has 0 saturated carbocycles. The number of aryl methyl sites for hydroxylation is 1. The van der Waals surface area contributed by atoms with E-state index in [2.05, 4.69) is 25.5 Å². The largest absolute Gasteiger partial charge is 0.495 e. The number of amides is 2. The standard InChI is InChI=1S/C35H41BF4N8O7/c1-19-41-15-21(16-42-19)25-13-27(34(38,39)40)45-47(25)18-31(2,3)44-29(49)26(12-20-14-43-48(17-20)35(51,52)53)46-11-10-22-23(8-9-24(37)28(22)30(46)50)36-54-32(4,5)33(6,7)55-36/h8-9,13-17,26,51-53H,10-12,18H2,1-7H3,(H,44,49). The van der Waals surface area contributed by atoms with Gasteiger partial charge in [0.25, 0.3) is 5.91 Å². The monoisotopic (exact) mass is 772 g/mol. The number of carbonyl (C=O) groups excluding carboxylic acids is 2. The van der Waals surface area contributed by atoms with E-state index in [0.717, 1.165) is 34.1 Å². The van der Waals surface area contributed by atoms with E-state index in [9.17, 15) is 38.1 Å². The van der Waals surface area contributed by atoms with E-state index in [4.69, 9.17) is 9.31 Å². The Bertz CT molecular complexity index is 2100. The summed E-state index contributed by atoms with van der Waals surface area (Å²) in [7, 11) is -0.906. The van der Waals surface area contributed by atoms with Crippen molar-refractivity contribution in [2.45, 2.75) is 103 Å². The van der Waals surface area contributed by atoms with Crippen molar-refractivity contribution in [2.75, 3.05) is 6.54 Å². The first kappa shape index (κ1) is 39.9. The van der Waals surface area contributed by atoms with Gasteiger partial charge in [-0.15, -0.1) is 0 Å². The van der Waals surface area contributed by atoms with Gasteiger partial charge >= 0.3 is 19.4 Å². The summed E-state index contributed by atoms with van der Waals surface area (Å²) in [6, 6.07) is 2.09. The van der Waals surface area contributed by atoms with Crippen LogP contribution in [0.5, 0.6) is 0 Å². The Morgan fingerprint density at radius 2 is 1.69 bits per heavy atom. The van der Waals surface area contributed by atoms with Crippen molar-refractivity contribution in [3.05, 3.63) is 77.0 Å². The molecule has 0 radical (unpaired) electrons. The summed E-state index contributed by atoms with van der Waals surface area (Å²) in [6.45, 7) is 11.8. The topological polar surface area (TPSA) is 190 Å². The number of aromatic nitrogens is 6. The van der Waals surface area contributed by atoms with Gasteiger partial charge in [0.2, 0.25) is 5.91 Å². The number of hydrogen-bond acceptors (Lipinski definition) is 11. The second-order valence-electron chi connectivity index (χ2n) is 15.4. The molecule has 15 nitrogen and oxygen atoms in total. The molecule has 1 saturated heterocycles. The Kier molecular flexibility index (Phi) is 9.99. The molecule has 3 aromatic heterocycles. The number of benzene rings is 1. The molecule has 0 aliphatic carbocycles. The minimum Gasteiger partial charge on any atom is -0.399 e. The van der Waals surface area contributed by atoms with Crippen LogP contribution in [0.2, 0.25) is 0 Å². The number of nitrogens with one attached hydrogen (secondary N) is 1. The predicted octanol–water partition coefficient (Wildman–Crippen LogP) is 2.05. The highest BCUT2D eigenvalue weighted by molar-refractivity contribution is 6.62. The second-order valence-corrected chi connectivity index (χ2v) is 15.4. The molecule has 0 bridgehead atoms. The Labute approximate surface area is 313 Å². The molecule has 1 unspecified atom stereocenters. The molecule has 55 heavy (non-hydrogen) atoms. The van der Waals surface area contributed by atoms with Gasteiger partial charge in [0.05, 0.1) is 40.7 Å². The summed E-state index contributed by atoms with van der Waals surface area (Å²) in [5.41, 5.74) is -2.96. The average Bonchev–Trinajstić information content (AvgIpc) is 3.76. The van der Waals surface area contributed by atoms with E-state index < -0.39 is 65.5 Å². The SMILES string of the molecule is Cc1ncc(-c2cc(C(F)(F)F)nn2CC(C)(C)NC(=O)C(Cc2cnn(C(O)(O)O)c2)N2CCc3c(B4OC(C)(C)C(C)(C)O4)ccc(F)c3C2=O)cn1. The Morgan fingerprint density at radius 1 is 1.05 bits per heavy atom. The smallest absolute Gasteiger partial charge is 0.399 e. The van der Waals surface area contributed by atoms with Crippen molar-refractivity contribution < 1.29 is 51.8 Å². The molecule has 2 aliphatic rings. The number of carbonyl (C=O) groups is 2. The third-order valence-electron chi connectivity index (χ3n) is 10.1. The highest BCUT2D eigenvalue weighted by Gasteiger charge is 2.53. The zero-order valence-electron chi connectivity index (χ0n) is 31.1. The fraction of sp³-hybridized carbons (Fsp3) is 0.486. The number of alkyl halides is 3. The normalized spacial score (nSPS) is 17.7. The molecule has 294 valence electrons. The number of rotatable bonds is 10. The van der Waals surface area contributed by atoms with Crippen molar-refractivity contribution in [3.8, 4) is 11.3 Å². The van der Waals surface area contributed by atoms with Gasteiger partial charge in [-0.3, -0.25) is 14.3 Å². The Morgan fingerprint density at radius 3 is 2.27 bits per heavy atom. The Hall–Kier alpha value is -4.76. The molecule has 2 amide bonds.